The van der Waals surface area contributed by atoms with Crippen LogP contribution in [0.2, 0.25) is 0 Å². The van der Waals surface area contributed by atoms with Crippen LogP contribution in [0.3, 0.4) is 0 Å². The summed E-state index contributed by atoms with van der Waals surface area (Å²) in [6, 6.07) is 0. The summed E-state index contributed by atoms with van der Waals surface area (Å²) in [5.41, 5.74) is -3.65. The highest BCUT2D eigenvalue weighted by molar-refractivity contribution is 6.04. The van der Waals surface area contributed by atoms with E-state index in [1.807, 2.05) is 26.8 Å². The molecule has 4 aliphatic carbocycles. The van der Waals surface area contributed by atoms with Crippen molar-refractivity contribution in [2.75, 3.05) is 6.61 Å². The Labute approximate surface area is 256 Å². The number of hydrogen-bond acceptors (Lipinski definition) is 7. The molecule has 0 radical (unpaired) electrons. The van der Waals surface area contributed by atoms with Gasteiger partial charge in [-0.1, -0.05) is 96.3 Å². The van der Waals surface area contributed by atoms with Gasteiger partial charge in [-0.25, -0.2) is 4.79 Å². The Bertz CT molecular complexity index is 1250. The number of rotatable bonds is 13. The third-order valence-corrected chi connectivity index (χ3v) is 10.8. The number of Topliss-reactive ketones (excluding diaryl/α,β-unsaturated/α-hetero) is 1. The van der Waals surface area contributed by atoms with E-state index in [0.717, 1.165) is 12.8 Å². The topological polar surface area (TPSA) is 121 Å². The second kappa shape index (κ2) is 12.8. The number of unbranched alkanes of at least 4 members (excludes halogenated alkanes) is 5. The Morgan fingerprint density at radius 3 is 2.33 bits per heavy atom. The van der Waals surface area contributed by atoms with Gasteiger partial charge in [-0.05, 0) is 42.9 Å². The van der Waals surface area contributed by atoms with Crippen LogP contribution in [-0.2, 0) is 19.1 Å². The van der Waals surface area contributed by atoms with Crippen LogP contribution < -0.4 is 0 Å². The van der Waals surface area contributed by atoms with Crippen molar-refractivity contribution in [2.24, 2.45) is 29.1 Å². The molecule has 2 saturated carbocycles. The third-order valence-electron chi connectivity index (χ3n) is 10.8. The summed E-state index contributed by atoms with van der Waals surface area (Å²) in [5, 5.41) is 34.1. The lowest BCUT2D eigenvalue weighted by Gasteiger charge is -2.50. The second-order valence-electron chi connectivity index (χ2n) is 13.9. The van der Waals surface area contributed by atoms with E-state index in [-0.39, 0.29) is 24.7 Å². The van der Waals surface area contributed by atoms with Crippen molar-refractivity contribution in [1.82, 2.24) is 0 Å². The number of allylic oxidation sites excluding steroid dienone is 5. The van der Waals surface area contributed by atoms with Crippen LogP contribution in [0.4, 0.5) is 0 Å². The molecule has 0 aliphatic heterocycles. The van der Waals surface area contributed by atoms with Gasteiger partial charge in [0, 0.05) is 42.1 Å². The maximum atomic E-state index is 13.1. The Morgan fingerprint density at radius 2 is 1.65 bits per heavy atom. The minimum Gasteiger partial charge on any atom is -0.455 e. The molecule has 0 aromatic heterocycles. The maximum absolute atomic E-state index is 13.1. The van der Waals surface area contributed by atoms with E-state index < -0.39 is 51.7 Å². The van der Waals surface area contributed by atoms with Gasteiger partial charge in [0.05, 0.1) is 12.2 Å². The second-order valence-corrected chi connectivity index (χ2v) is 13.9. The number of aliphatic hydroxyl groups excluding tert-OH is 1. The lowest BCUT2D eigenvalue weighted by atomic mass is 9.60. The third kappa shape index (κ3) is 5.93. The molecular formula is C36H50O7. The van der Waals surface area contributed by atoms with Crippen LogP contribution in [0.5, 0.6) is 0 Å². The average molecular weight is 595 g/mol. The first-order valence-corrected chi connectivity index (χ1v) is 16.0. The first kappa shape index (κ1) is 33.3. The van der Waals surface area contributed by atoms with E-state index in [2.05, 4.69) is 6.92 Å². The van der Waals surface area contributed by atoms with Gasteiger partial charge in [-0.2, -0.15) is 0 Å². The molecule has 0 heterocycles. The van der Waals surface area contributed by atoms with Gasteiger partial charge < -0.3 is 20.1 Å². The smallest absolute Gasteiger partial charge is 0.331 e. The Balaban J connectivity index is 1.41. The Hall–Kier alpha value is -2.61. The number of fused-ring (bicyclic) bond motifs is 5. The quantitative estimate of drug-likeness (QED) is 0.0847. The number of carbonyl (C=O) groups is 3. The van der Waals surface area contributed by atoms with Crippen LogP contribution in [0, 0.1) is 29.1 Å². The van der Waals surface area contributed by atoms with Crippen molar-refractivity contribution in [3.63, 3.8) is 0 Å². The number of hydrogen-bond donors (Lipinski definition) is 3. The molecule has 7 unspecified atom stereocenters. The van der Waals surface area contributed by atoms with Gasteiger partial charge in [0.2, 0.25) is 0 Å². The summed E-state index contributed by atoms with van der Waals surface area (Å²) in [6.07, 6.45) is 20.8. The van der Waals surface area contributed by atoms with Gasteiger partial charge in [-0.3, -0.25) is 9.59 Å². The summed E-state index contributed by atoms with van der Waals surface area (Å²) in [7, 11) is 0. The van der Waals surface area contributed by atoms with Crippen LogP contribution in [0.25, 0.3) is 0 Å². The molecule has 7 nitrogen and oxygen atoms in total. The van der Waals surface area contributed by atoms with Crippen LogP contribution in [0.1, 0.15) is 92.4 Å². The van der Waals surface area contributed by atoms with Crippen LogP contribution in [0.15, 0.2) is 59.8 Å². The summed E-state index contributed by atoms with van der Waals surface area (Å²) < 4.78 is 6.17. The summed E-state index contributed by atoms with van der Waals surface area (Å²) in [4.78, 5) is 38.1. The molecule has 7 heteroatoms. The normalized spacial score (nSPS) is 36.2. The molecule has 4 rings (SSSR count). The monoisotopic (exact) mass is 594 g/mol. The van der Waals surface area contributed by atoms with Crippen molar-refractivity contribution in [3.05, 3.63) is 59.8 Å². The van der Waals surface area contributed by atoms with E-state index >= 15 is 0 Å². The number of carbonyl (C=O) groups excluding carboxylic acids is 3. The van der Waals surface area contributed by atoms with Gasteiger partial charge in [0.15, 0.2) is 11.6 Å². The van der Waals surface area contributed by atoms with E-state index in [1.165, 1.54) is 31.8 Å². The zero-order chi connectivity index (χ0) is 31.6. The lowest BCUT2D eigenvalue weighted by Crippen LogP contribution is -2.61. The first-order valence-electron chi connectivity index (χ1n) is 16.0. The number of esters is 1. The standard InChI is InChI=1S/C36H50O7/c1-6-7-8-9-10-13-16-27(38)17-14-11-12-15-18-30(39)43-35-21-25(3)36(42)28(31(35)33(35,4)5)20-26(23-37)22-34(41)29(36)19-24(2)32(34)40/h11-12,14-15,17-20,25,28-29,31,37,41-42H,6-10,13,16,21-23H2,1-5H3. The molecule has 7 atom stereocenters. The van der Waals surface area contributed by atoms with E-state index in [1.54, 1.807) is 43.4 Å². The highest BCUT2D eigenvalue weighted by Crippen LogP contribution is 2.76. The fourth-order valence-electron chi connectivity index (χ4n) is 8.40. The summed E-state index contributed by atoms with van der Waals surface area (Å²) in [5.74, 6) is -2.84. The average Bonchev–Trinajstić information content (AvgIpc) is 3.36. The summed E-state index contributed by atoms with van der Waals surface area (Å²) in [6.45, 7) is 9.42. The van der Waals surface area contributed by atoms with Crippen LogP contribution in [-0.4, -0.2) is 56.3 Å². The fourth-order valence-corrected chi connectivity index (χ4v) is 8.40. The largest absolute Gasteiger partial charge is 0.455 e. The highest BCUT2D eigenvalue weighted by atomic mass is 16.6. The maximum Gasteiger partial charge on any atom is 0.331 e. The van der Waals surface area contributed by atoms with E-state index in [9.17, 15) is 29.7 Å². The molecule has 236 valence electrons. The molecule has 0 amide bonds. The molecular weight excluding hydrogens is 544 g/mol. The van der Waals surface area contributed by atoms with Crippen molar-refractivity contribution in [2.45, 2.75) is 109 Å². The Morgan fingerprint density at radius 1 is 1.00 bits per heavy atom. The van der Waals surface area contributed by atoms with Crippen molar-refractivity contribution in [1.29, 1.82) is 0 Å². The van der Waals surface area contributed by atoms with E-state index in [0.29, 0.717) is 24.0 Å². The van der Waals surface area contributed by atoms with Gasteiger partial charge in [0.1, 0.15) is 11.2 Å². The van der Waals surface area contributed by atoms with E-state index in [4.69, 9.17) is 4.74 Å². The fraction of sp³-hybridized carbons (Fsp3) is 0.639. The van der Waals surface area contributed by atoms with Crippen molar-refractivity contribution < 1.29 is 34.4 Å². The lowest BCUT2D eigenvalue weighted by molar-refractivity contribution is -0.185. The zero-order valence-corrected chi connectivity index (χ0v) is 26.5. The Kier molecular flexibility index (Phi) is 9.90. The summed E-state index contributed by atoms with van der Waals surface area (Å²) >= 11 is 0. The molecule has 3 N–H and O–H groups in total. The predicted molar refractivity (Wildman–Crippen MR) is 166 cm³/mol. The number of aliphatic hydroxyl groups is 3. The van der Waals surface area contributed by atoms with Gasteiger partial charge in [0.25, 0.3) is 0 Å². The molecule has 0 aromatic rings. The number of ketones is 2. The minimum atomic E-state index is -1.81. The van der Waals surface area contributed by atoms with Crippen LogP contribution >= 0.6 is 0 Å². The molecule has 43 heavy (non-hydrogen) atoms. The molecule has 0 spiro atoms. The highest BCUT2D eigenvalue weighted by Gasteiger charge is 2.83. The van der Waals surface area contributed by atoms with Gasteiger partial charge in [-0.15, -0.1) is 0 Å². The van der Waals surface area contributed by atoms with Gasteiger partial charge >= 0.3 is 5.97 Å². The molecule has 2 fully saturated rings. The minimum absolute atomic E-state index is 0.0412. The predicted octanol–water partition coefficient (Wildman–Crippen LogP) is 5.50. The molecule has 4 aliphatic rings. The van der Waals surface area contributed by atoms with Crippen molar-refractivity contribution in [3.8, 4) is 0 Å². The SMILES string of the molecule is CCCCCCCCC(=O)C=CC=CC=CC(=O)OC12CC(C)C3(O)C(C=C(CO)CC4(O)C(=O)C(C)=CC43)C1C2(C)C. The molecule has 0 bridgehead atoms. The molecule has 0 aromatic carbocycles. The first-order chi connectivity index (χ1) is 20.3. The molecule has 0 saturated heterocycles. The zero-order valence-electron chi connectivity index (χ0n) is 26.5. The number of ether oxygens (including phenoxy) is 1. The van der Waals surface area contributed by atoms with Crippen molar-refractivity contribution >= 4 is 17.5 Å².